The van der Waals surface area contributed by atoms with Crippen LogP contribution in [0.5, 0.6) is 5.75 Å². The van der Waals surface area contributed by atoms with Crippen molar-refractivity contribution in [2.75, 3.05) is 29.9 Å². The Kier molecular flexibility index (Phi) is 8.88. The molecule has 0 aliphatic carbocycles. The summed E-state index contributed by atoms with van der Waals surface area (Å²) in [6.45, 7) is 13.8. The Bertz CT molecular complexity index is 1910. The molecule has 0 saturated carbocycles. The molecule has 1 aromatic carbocycles. The molecule has 2 aliphatic heterocycles. The van der Waals surface area contributed by atoms with E-state index in [1.807, 2.05) is 36.7 Å². The summed E-state index contributed by atoms with van der Waals surface area (Å²) in [5.41, 5.74) is 2.10. The highest BCUT2D eigenvalue weighted by Crippen LogP contribution is 2.37. The molecule has 1 amide bonds. The minimum atomic E-state index is -1.12. The van der Waals surface area contributed by atoms with E-state index >= 15 is 0 Å². The normalized spacial score (nSPS) is 19.4. The van der Waals surface area contributed by atoms with Crippen LogP contribution >= 0.6 is 0 Å². The molecule has 2 aliphatic rings. The summed E-state index contributed by atoms with van der Waals surface area (Å²) < 4.78 is 42.3. The molecule has 1 fully saturated rings. The number of anilines is 2. The first-order valence-corrected chi connectivity index (χ1v) is 16.3. The average Bonchev–Trinajstić information content (AvgIpc) is 3.02. The maximum Gasteiger partial charge on any atom is 0.413 e. The van der Waals surface area contributed by atoms with Gasteiger partial charge in [-0.25, -0.2) is 14.2 Å². The van der Waals surface area contributed by atoms with Crippen LogP contribution in [-0.2, 0) is 17.8 Å². The summed E-state index contributed by atoms with van der Waals surface area (Å²) in [6, 6.07) is 8.53. The number of aryl methyl sites for hydroxylation is 1. The van der Waals surface area contributed by atoms with Crippen LogP contribution in [0.4, 0.5) is 25.1 Å². The quantitative estimate of drug-likeness (QED) is 0.233. The highest BCUT2D eigenvalue weighted by Gasteiger charge is 2.38. The lowest BCUT2D eigenvalue weighted by atomic mass is 9.87. The second-order valence-electron chi connectivity index (χ2n) is 14.2. The van der Waals surface area contributed by atoms with Gasteiger partial charge in [0.1, 0.15) is 18.0 Å². The van der Waals surface area contributed by atoms with Gasteiger partial charge in [-0.3, -0.25) is 20.0 Å². The number of amides is 1. The SMILES string of the molecule is Cc1ccc(N2CCC[C@@](C)(N(Cc3ccnc(NC(=O)OC(C)(C)C)c3)Cc3cn4c5c(c(F)c(F)cc5c3=O)OCC4C)C2)cn1. The Morgan fingerprint density at radius 2 is 1.98 bits per heavy atom. The lowest BCUT2D eigenvalue weighted by Crippen LogP contribution is -2.56. The molecule has 6 rings (SSSR count). The molecular weight excluding hydrogens is 618 g/mol. The van der Waals surface area contributed by atoms with Crippen molar-refractivity contribution in [2.45, 2.75) is 84.7 Å². The summed E-state index contributed by atoms with van der Waals surface area (Å²) in [7, 11) is 0. The number of carbonyl (C=O) groups excluding carboxylic acids is 1. The van der Waals surface area contributed by atoms with Gasteiger partial charge < -0.3 is 18.9 Å². The van der Waals surface area contributed by atoms with Crippen LogP contribution in [0.15, 0.2) is 53.7 Å². The van der Waals surface area contributed by atoms with E-state index in [0.29, 0.717) is 24.5 Å². The van der Waals surface area contributed by atoms with Crippen molar-refractivity contribution >= 4 is 28.5 Å². The van der Waals surface area contributed by atoms with Gasteiger partial charge in [0, 0.05) is 55.4 Å². The zero-order valence-corrected chi connectivity index (χ0v) is 28.3. The third-order valence-corrected chi connectivity index (χ3v) is 9.07. The number of hydrogen-bond donors (Lipinski definition) is 1. The first-order valence-electron chi connectivity index (χ1n) is 16.3. The van der Waals surface area contributed by atoms with Crippen LogP contribution < -0.4 is 20.4 Å². The maximum atomic E-state index is 14.8. The third kappa shape index (κ3) is 6.85. The van der Waals surface area contributed by atoms with E-state index in [1.54, 1.807) is 39.2 Å². The molecule has 48 heavy (non-hydrogen) atoms. The highest BCUT2D eigenvalue weighted by atomic mass is 19.2. The van der Waals surface area contributed by atoms with E-state index in [1.165, 1.54) is 0 Å². The molecule has 1 saturated heterocycles. The van der Waals surface area contributed by atoms with E-state index in [0.717, 1.165) is 42.4 Å². The third-order valence-electron chi connectivity index (χ3n) is 9.07. The number of halogens is 2. The van der Waals surface area contributed by atoms with Crippen LogP contribution in [0.25, 0.3) is 10.9 Å². The molecule has 1 unspecified atom stereocenters. The van der Waals surface area contributed by atoms with Crippen molar-refractivity contribution in [1.29, 1.82) is 0 Å². The predicted octanol–water partition coefficient (Wildman–Crippen LogP) is 6.74. The Morgan fingerprint density at radius 1 is 1.19 bits per heavy atom. The van der Waals surface area contributed by atoms with Crippen LogP contribution in [-0.4, -0.2) is 56.4 Å². The van der Waals surface area contributed by atoms with Crippen LogP contribution in [0.2, 0.25) is 0 Å². The van der Waals surface area contributed by atoms with Crippen molar-refractivity contribution in [2.24, 2.45) is 0 Å². The van der Waals surface area contributed by atoms with Crippen LogP contribution in [0.3, 0.4) is 0 Å². The van der Waals surface area contributed by atoms with Gasteiger partial charge in [0.15, 0.2) is 17.0 Å². The second-order valence-corrected chi connectivity index (χ2v) is 14.2. The minimum Gasteiger partial charge on any atom is -0.486 e. The highest BCUT2D eigenvalue weighted by molar-refractivity contribution is 5.86. The number of piperidine rings is 1. The molecule has 4 aromatic rings. The fourth-order valence-corrected chi connectivity index (χ4v) is 6.62. The largest absolute Gasteiger partial charge is 0.486 e. The summed E-state index contributed by atoms with van der Waals surface area (Å²) in [4.78, 5) is 40.0. The molecule has 10 nitrogen and oxygen atoms in total. The van der Waals surface area contributed by atoms with E-state index in [-0.39, 0.29) is 41.3 Å². The van der Waals surface area contributed by atoms with Crippen LogP contribution in [0, 0.1) is 18.6 Å². The predicted molar refractivity (Wildman–Crippen MR) is 180 cm³/mol. The molecule has 1 N–H and O–H groups in total. The number of benzene rings is 1. The van der Waals surface area contributed by atoms with Gasteiger partial charge in [0.05, 0.1) is 28.8 Å². The van der Waals surface area contributed by atoms with Gasteiger partial charge in [0.2, 0.25) is 5.82 Å². The fourth-order valence-electron chi connectivity index (χ4n) is 6.62. The van der Waals surface area contributed by atoms with E-state index < -0.39 is 28.9 Å². The Morgan fingerprint density at radius 3 is 2.71 bits per heavy atom. The lowest BCUT2D eigenvalue weighted by molar-refractivity contribution is 0.0634. The van der Waals surface area contributed by atoms with E-state index in [2.05, 4.69) is 38.1 Å². The van der Waals surface area contributed by atoms with Gasteiger partial charge in [0.25, 0.3) is 0 Å². The number of carbonyl (C=O) groups is 1. The van der Waals surface area contributed by atoms with Crippen molar-refractivity contribution < 1.29 is 23.0 Å². The molecule has 0 bridgehead atoms. The van der Waals surface area contributed by atoms with Crippen molar-refractivity contribution in [3.8, 4) is 5.75 Å². The molecule has 0 radical (unpaired) electrons. The first kappa shape index (κ1) is 33.3. The van der Waals surface area contributed by atoms with Gasteiger partial charge in [-0.1, -0.05) is 0 Å². The standard InChI is InChI=1S/C36H42F2N6O4/c1-22-8-9-26(16-40-22)42-13-7-11-36(6,21-42)43(17-24-10-12-39-29(14-24)41-34(46)48-35(3,4)5)18-25-19-44-23(2)20-47-33-30(38)28(37)15-27(31(33)44)32(25)45/h8-10,12,14-16,19,23H,7,11,13,17-18,20-21H2,1-6H3,(H,39,41,46)/t23?,36-/m1/s1. The number of hydrogen-bond acceptors (Lipinski definition) is 8. The molecular formula is C36H42F2N6O4. The van der Waals surface area contributed by atoms with E-state index in [9.17, 15) is 18.4 Å². The molecule has 5 heterocycles. The molecule has 2 atom stereocenters. The topological polar surface area (TPSA) is 102 Å². The minimum absolute atomic E-state index is 0.0850. The number of rotatable bonds is 7. The second kappa shape index (κ2) is 12.8. The van der Waals surface area contributed by atoms with Gasteiger partial charge in [-0.05, 0) is 90.3 Å². The number of pyridine rings is 3. The average molecular weight is 661 g/mol. The zero-order chi connectivity index (χ0) is 34.4. The van der Waals surface area contributed by atoms with E-state index in [4.69, 9.17) is 9.47 Å². The van der Waals surface area contributed by atoms with Gasteiger partial charge >= 0.3 is 6.09 Å². The van der Waals surface area contributed by atoms with Crippen molar-refractivity contribution in [3.63, 3.8) is 0 Å². The Labute approximate surface area is 278 Å². The summed E-state index contributed by atoms with van der Waals surface area (Å²) in [5.74, 6) is -2.09. The lowest BCUT2D eigenvalue weighted by Gasteiger charge is -2.48. The monoisotopic (exact) mass is 660 g/mol. The zero-order valence-electron chi connectivity index (χ0n) is 28.3. The molecule has 0 spiro atoms. The number of nitrogens with zero attached hydrogens (tertiary/aromatic N) is 5. The summed E-state index contributed by atoms with van der Waals surface area (Å²) >= 11 is 0. The van der Waals surface area contributed by atoms with Gasteiger partial charge in [-0.2, -0.15) is 4.39 Å². The molecule has 3 aromatic heterocycles. The number of nitrogens with one attached hydrogen (secondary N) is 1. The molecule has 254 valence electrons. The van der Waals surface area contributed by atoms with Crippen molar-refractivity contribution in [3.05, 3.63) is 87.6 Å². The smallest absolute Gasteiger partial charge is 0.413 e. The molecule has 12 heteroatoms. The number of aromatic nitrogens is 3. The Balaban J connectivity index is 1.39. The van der Waals surface area contributed by atoms with Crippen molar-refractivity contribution in [1.82, 2.24) is 19.4 Å². The Hall–Kier alpha value is -4.58. The fraction of sp³-hybridized carbons (Fsp3) is 0.444. The summed E-state index contributed by atoms with van der Waals surface area (Å²) in [6.07, 6.45) is 6.44. The first-order chi connectivity index (χ1) is 22.7. The number of ether oxygens (including phenoxy) is 2. The van der Waals surface area contributed by atoms with Crippen LogP contribution in [0.1, 0.15) is 70.3 Å². The van der Waals surface area contributed by atoms with Gasteiger partial charge in [-0.15, -0.1) is 0 Å². The summed E-state index contributed by atoms with van der Waals surface area (Å²) in [5, 5.41) is 2.80. The maximum absolute atomic E-state index is 14.8.